The van der Waals surface area contributed by atoms with Crippen molar-refractivity contribution in [1.29, 1.82) is 0 Å². The van der Waals surface area contributed by atoms with Gasteiger partial charge in [-0.25, -0.2) is 0 Å². The first-order valence-corrected chi connectivity index (χ1v) is 7.94. The van der Waals surface area contributed by atoms with E-state index in [0.29, 0.717) is 17.5 Å². The van der Waals surface area contributed by atoms with Crippen LogP contribution in [0, 0.1) is 12.8 Å². The third kappa shape index (κ3) is 3.12. The fraction of sp³-hybridized carbons (Fsp3) is 0.750. The van der Waals surface area contributed by atoms with E-state index in [1.54, 1.807) is 6.20 Å². The molecule has 1 atom stereocenters. The molecule has 1 unspecified atom stereocenters. The van der Waals surface area contributed by atoms with E-state index in [0.717, 1.165) is 31.4 Å². The Labute approximate surface area is 126 Å². The monoisotopic (exact) mass is 293 g/mol. The lowest BCUT2D eigenvalue weighted by Crippen LogP contribution is -2.50. The van der Waals surface area contributed by atoms with E-state index in [9.17, 15) is 9.90 Å². The first-order valence-electron chi connectivity index (χ1n) is 7.94. The summed E-state index contributed by atoms with van der Waals surface area (Å²) in [7, 11) is 0. The largest absolute Gasteiger partial charge is 0.394 e. The summed E-state index contributed by atoms with van der Waals surface area (Å²) in [6.07, 6.45) is 5.79. The van der Waals surface area contributed by atoms with Crippen molar-refractivity contribution < 1.29 is 9.90 Å². The second-order valence-electron chi connectivity index (χ2n) is 6.36. The number of aromatic nitrogens is 2. The van der Waals surface area contributed by atoms with Crippen molar-refractivity contribution >= 4 is 5.91 Å². The lowest BCUT2D eigenvalue weighted by atomic mass is 9.96. The van der Waals surface area contributed by atoms with Gasteiger partial charge in [-0.05, 0) is 45.4 Å². The van der Waals surface area contributed by atoms with Crippen LogP contribution in [-0.2, 0) is 0 Å². The molecule has 0 spiro atoms. The summed E-state index contributed by atoms with van der Waals surface area (Å²) < 4.78 is 1.95. The molecule has 1 saturated carbocycles. The van der Waals surface area contributed by atoms with Crippen LogP contribution >= 0.6 is 0 Å². The molecular weight excluding hydrogens is 266 g/mol. The predicted octanol–water partition coefficient (Wildman–Crippen LogP) is 2.44. The molecule has 1 aliphatic carbocycles. The van der Waals surface area contributed by atoms with Gasteiger partial charge in [-0.3, -0.25) is 9.48 Å². The zero-order chi connectivity index (χ0) is 15.6. The smallest absolute Gasteiger partial charge is 0.255 e. The molecule has 2 N–H and O–H groups in total. The molecule has 5 nitrogen and oxygen atoms in total. The van der Waals surface area contributed by atoms with Crippen molar-refractivity contribution in [2.45, 2.75) is 65.0 Å². The molecule has 118 valence electrons. The zero-order valence-corrected chi connectivity index (χ0v) is 13.5. The molecule has 0 saturated heterocycles. The average molecular weight is 293 g/mol. The lowest BCUT2D eigenvalue weighted by Gasteiger charge is -2.28. The van der Waals surface area contributed by atoms with Gasteiger partial charge in [-0.1, -0.05) is 13.8 Å². The van der Waals surface area contributed by atoms with Crippen LogP contribution in [0.1, 0.15) is 68.5 Å². The molecule has 1 aliphatic rings. The maximum absolute atomic E-state index is 12.5. The SMILES string of the molecule is CCC(CC)n1ncc(C(=O)NC(C)(CO)C2CC2)c1C. The van der Waals surface area contributed by atoms with Gasteiger partial charge in [0.05, 0.1) is 29.9 Å². The van der Waals surface area contributed by atoms with Crippen LogP contribution in [0.4, 0.5) is 0 Å². The maximum atomic E-state index is 12.5. The minimum Gasteiger partial charge on any atom is -0.394 e. The third-order valence-corrected chi connectivity index (χ3v) is 4.78. The standard InChI is InChI=1S/C16H27N3O2/c1-5-13(6-2)19-11(3)14(9-17-19)15(21)18-16(4,10-20)12-7-8-12/h9,12-13,20H,5-8,10H2,1-4H3,(H,18,21). The fourth-order valence-electron chi connectivity index (χ4n) is 2.97. The Morgan fingerprint density at radius 3 is 2.62 bits per heavy atom. The molecule has 0 aliphatic heterocycles. The molecule has 0 aromatic carbocycles. The summed E-state index contributed by atoms with van der Waals surface area (Å²) in [5.74, 6) is 0.258. The van der Waals surface area contributed by atoms with E-state index in [-0.39, 0.29) is 12.5 Å². The number of rotatable bonds is 7. The normalized spacial score (nSPS) is 17.8. The maximum Gasteiger partial charge on any atom is 0.255 e. The fourth-order valence-corrected chi connectivity index (χ4v) is 2.97. The number of nitrogens with zero attached hydrogens (tertiary/aromatic N) is 2. The minimum atomic E-state index is -0.513. The molecule has 0 bridgehead atoms. The Hall–Kier alpha value is -1.36. The summed E-state index contributed by atoms with van der Waals surface area (Å²) in [5.41, 5.74) is 1.00. The second kappa shape index (κ2) is 6.18. The third-order valence-electron chi connectivity index (χ3n) is 4.78. The van der Waals surface area contributed by atoms with Crippen LogP contribution in [0.3, 0.4) is 0 Å². The van der Waals surface area contributed by atoms with Crippen molar-refractivity contribution in [1.82, 2.24) is 15.1 Å². The molecule has 1 heterocycles. The first-order chi connectivity index (χ1) is 9.96. The second-order valence-corrected chi connectivity index (χ2v) is 6.36. The van der Waals surface area contributed by atoms with Gasteiger partial charge in [-0.2, -0.15) is 5.10 Å². The summed E-state index contributed by atoms with van der Waals surface area (Å²) in [4.78, 5) is 12.5. The number of carbonyl (C=O) groups excluding carboxylic acids is 1. The highest BCUT2D eigenvalue weighted by molar-refractivity contribution is 5.95. The molecule has 1 fully saturated rings. The zero-order valence-electron chi connectivity index (χ0n) is 13.5. The summed E-state index contributed by atoms with van der Waals surface area (Å²) in [6, 6.07) is 0.333. The Bertz CT molecular complexity index is 504. The topological polar surface area (TPSA) is 67.2 Å². The Morgan fingerprint density at radius 2 is 2.14 bits per heavy atom. The number of carbonyl (C=O) groups is 1. The van der Waals surface area contributed by atoms with Gasteiger partial charge >= 0.3 is 0 Å². The van der Waals surface area contributed by atoms with Gasteiger partial charge in [0, 0.05) is 5.69 Å². The molecular formula is C16H27N3O2. The van der Waals surface area contributed by atoms with E-state index >= 15 is 0 Å². The summed E-state index contributed by atoms with van der Waals surface area (Å²) in [5, 5.41) is 17.0. The van der Waals surface area contributed by atoms with Crippen molar-refractivity contribution in [3.63, 3.8) is 0 Å². The highest BCUT2D eigenvalue weighted by atomic mass is 16.3. The average Bonchev–Trinajstić information content (AvgIpc) is 3.26. The van der Waals surface area contributed by atoms with Crippen molar-refractivity contribution in [2.75, 3.05) is 6.61 Å². The van der Waals surface area contributed by atoms with Crippen LogP contribution in [0.5, 0.6) is 0 Å². The molecule has 1 amide bonds. The van der Waals surface area contributed by atoms with Gasteiger partial charge < -0.3 is 10.4 Å². The van der Waals surface area contributed by atoms with Crippen molar-refractivity contribution in [2.24, 2.45) is 5.92 Å². The quantitative estimate of drug-likeness (QED) is 0.811. The van der Waals surface area contributed by atoms with E-state index in [1.807, 2.05) is 18.5 Å². The minimum absolute atomic E-state index is 0.0247. The van der Waals surface area contributed by atoms with Crippen LogP contribution in [0.15, 0.2) is 6.20 Å². The highest BCUT2D eigenvalue weighted by Crippen LogP contribution is 2.39. The molecule has 21 heavy (non-hydrogen) atoms. The van der Waals surface area contributed by atoms with Crippen LogP contribution in [0.25, 0.3) is 0 Å². The predicted molar refractivity (Wildman–Crippen MR) is 82.3 cm³/mol. The van der Waals surface area contributed by atoms with Crippen LogP contribution < -0.4 is 5.32 Å². The molecule has 1 aromatic heterocycles. The number of amides is 1. The Morgan fingerprint density at radius 1 is 1.52 bits per heavy atom. The molecule has 0 radical (unpaired) electrons. The van der Waals surface area contributed by atoms with Gasteiger partial charge in [0.1, 0.15) is 0 Å². The van der Waals surface area contributed by atoms with Gasteiger partial charge in [0.15, 0.2) is 0 Å². The van der Waals surface area contributed by atoms with E-state index in [2.05, 4.69) is 24.3 Å². The molecule has 2 rings (SSSR count). The van der Waals surface area contributed by atoms with E-state index in [4.69, 9.17) is 0 Å². The van der Waals surface area contributed by atoms with Crippen LogP contribution in [-0.4, -0.2) is 32.9 Å². The van der Waals surface area contributed by atoms with Gasteiger partial charge in [0.25, 0.3) is 5.91 Å². The van der Waals surface area contributed by atoms with Gasteiger partial charge in [0.2, 0.25) is 0 Å². The molecule has 5 heteroatoms. The number of aliphatic hydroxyl groups excluding tert-OH is 1. The highest BCUT2D eigenvalue weighted by Gasteiger charge is 2.42. The van der Waals surface area contributed by atoms with E-state index in [1.165, 1.54) is 0 Å². The summed E-state index contributed by atoms with van der Waals surface area (Å²) >= 11 is 0. The van der Waals surface area contributed by atoms with Crippen molar-refractivity contribution in [3.05, 3.63) is 17.5 Å². The van der Waals surface area contributed by atoms with Gasteiger partial charge in [-0.15, -0.1) is 0 Å². The Balaban J connectivity index is 2.16. The number of aliphatic hydroxyl groups is 1. The lowest BCUT2D eigenvalue weighted by molar-refractivity contribution is 0.0823. The number of hydrogen-bond acceptors (Lipinski definition) is 3. The summed E-state index contributed by atoms with van der Waals surface area (Å²) in [6.45, 7) is 8.09. The number of nitrogens with one attached hydrogen (secondary N) is 1. The first kappa shape index (κ1) is 16.0. The van der Waals surface area contributed by atoms with E-state index < -0.39 is 5.54 Å². The number of hydrogen-bond donors (Lipinski definition) is 2. The molecule has 1 aromatic rings. The Kier molecular flexibility index (Phi) is 4.71. The van der Waals surface area contributed by atoms with Crippen LogP contribution in [0.2, 0.25) is 0 Å². The van der Waals surface area contributed by atoms with Crippen molar-refractivity contribution in [3.8, 4) is 0 Å².